The normalized spacial score (nSPS) is 15.7. The lowest BCUT2D eigenvalue weighted by Crippen LogP contribution is -2.38. The van der Waals surface area contributed by atoms with Crippen LogP contribution in [0.1, 0.15) is 16.8 Å². The van der Waals surface area contributed by atoms with Crippen molar-refractivity contribution in [1.29, 1.82) is 0 Å². The summed E-state index contributed by atoms with van der Waals surface area (Å²) in [5, 5.41) is 3.41. The Kier molecular flexibility index (Phi) is 7.36. The minimum atomic E-state index is 0.0794. The predicted molar refractivity (Wildman–Crippen MR) is 88.1 cm³/mol. The fraction of sp³-hybridized carbons (Fsp3) is 0.588. The molecule has 5 heteroatoms. The van der Waals surface area contributed by atoms with Crippen LogP contribution < -0.4 is 5.32 Å². The van der Waals surface area contributed by atoms with Crippen molar-refractivity contribution >= 4 is 5.91 Å². The van der Waals surface area contributed by atoms with E-state index in [0.29, 0.717) is 0 Å². The second-order valence-corrected chi connectivity index (χ2v) is 5.65. The monoisotopic (exact) mass is 305 g/mol. The molecule has 1 aliphatic rings. The summed E-state index contributed by atoms with van der Waals surface area (Å²) in [7, 11) is 1.85. The summed E-state index contributed by atoms with van der Waals surface area (Å²) in [6.45, 7) is 7.49. The quantitative estimate of drug-likeness (QED) is 0.730. The van der Waals surface area contributed by atoms with E-state index in [9.17, 15) is 4.79 Å². The molecule has 1 fully saturated rings. The summed E-state index contributed by atoms with van der Waals surface area (Å²) in [5.41, 5.74) is 0.748. The number of benzene rings is 1. The summed E-state index contributed by atoms with van der Waals surface area (Å²) < 4.78 is 5.34. The predicted octanol–water partition coefficient (Wildman–Crippen LogP) is 1.07. The maximum absolute atomic E-state index is 12.2. The van der Waals surface area contributed by atoms with E-state index in [1.807, 2.05) is 37.4 Å². The largest absolute Gasteiger partial charge is 0.379 e. The smallest absolute Gasteiger partial charge is 0.253 e. The summed E-state index contributed by atoms with van der Waals surface area (Å²) in [6, 6.07) is 9.42. The van der Waals surface area contributed by atoms with Crippen LogP contribution in [0.4, 0.5) is 0 Å². The van der Waals surface area contributed by atoms with Crippen molar-refractivity contribution in [3.05, 3.63) is 35.9 Å². The molecule has 0 saturated carbocycles. The number of nitrogens with one attached hydrogen (secondary N) is 1. The molecule has 0 atom stereocenters. The highest BCUT2D eigenvalue weighted by Crippen LogP contribution is 2.02. The number of hydrogen-bond donors (Lipinski definition) is 1. The first kappa shape index (κ1) is 16.9. The lowest BCUT2D eigenvalue weighted by Gasteiger charge is -2.26. The minimum Gasteiger partial charge on any atom is -0.379 e. The van der Waals surface area contributed by atoms with E-state index >= 15 is 0 Å². The van der Waals surface area contributed by atoms with E-state index in [1.54, 1.807) is 4.90 Å². The molecule has 1 N–H and O–H groups in total. The molecule has 1 saturated heterocycles. The standard InChI is InChI=1S/C17H27N3O2/c1-19(17(21)16-6-3-2-4-7-16)11-9-18-8-5-10-20-12-14-22-15-13-20/h2-4,6-7,18H,5,8-15H2,1H3. The highest BCUT2D eigenvalue weighted by Gasteiger charge is 2.11. The molecule has 2 rings (SSSR count). The van der Waals surface area contributed by atoms with Gasteiger partial charge in [-0.15, -0.1) is 0 Å². The van der Waals surface area contributed by atoms with Gasteiger partial charge in [0.1, 0.15) is 0 Å². The molecule has 22 heavy (non-hydrogen) atoms. The summed E-state index contributed by atoms with van der Waals surface area (Å²) in [5.74, 6) is 0.0794. The Hall–Kier alpha value is -1.43. The van der Waals surface area contributed by atoms with Crippen molar-refractivity contribution in [3.8, 4) is 0 Å². The molecule has 0 spiro atoms. The zero-order chi connectivity index (χ0) is 15.6. The van der Waals surface area contributed by atoms with Crippen molar-refractivity contribution in [1.82, 2.24) is 15.1 Å². The van der Waals surface area contributed by atoms with Gasteiger partial charge >= 0.3 is 0 Å². The number of rotatable bonds is 8. The van der Waals surface area contributed by atoms with Gasteiger partial charge < -0.3 is 15.0 Å². The van der Waals surface area contributed by atoms with Gasteiger partial charge in [0.15, 0.2) is 0 Å². The third-order valence-electron chi connectivity index (χ3n) is 3.92. The van der Waals surface area contributed by atoms with Crippen molar-refractivity contribution in [2.45, 2.75) is 6.42 Å². The Bertz CT molecular complexity index is 433. The molecular weight excluding hydrogens is 278 g/mol. The molecular formula is C17H27N3O2. The van der Waals surface area contributed by atoms with Crippen LogP contribution in [0, 0.1) is 0 Å². The van der Waals surface area contributed by atoms with Gasteiger partial charge in [-0.05, 0) is 31.6 Å². The van der Waals surface area contributed by atoms with Gasteiger partial charge in [-0.25, -0.2) is 0 Å². The van der Waals surface area contributed by atoms with Crippen LogP contribution in [0.3, 0.4) is 0 Å². The van der Waals surface area contributed by atoms with Gasteiger partial charge in [0.25, 0.3) is 5.91 Å². The Morgan fingerprint density at radius 1 is 1.23 bits per heavy atom. The van der Waals surface area contributed by atoms with Crippen molar-refractivity contribution in [2.75, 3.05) is 59.5 Å². The zero-order valence-corrected chi connectivity index (χ0v) is 13.5. The molecule has 5 nitrogen and oxygen atoms in total. The number of nitrogens with zero attached hydrogens (tertiary/aromatic N) is 2. The molecule has 1 aromatic rings. The number of ether oxygens (including phenoxy) is 1. The summed E-state index contributed by atoms with van der Waals surface area (Å²) in [4.78, 5) is 16.4. The summed E-state index contributed by atoms with van der Waals surface area (Å²) >= 11 is 0. The van der Waals surface area contributed by atoms with E-state index in [0.717, 1.165) is 64.5 Å². The molecule has 0 unspecified atom stereocenters. The summed E-state index contributed by atoms with van der Waals surface area (Å²) in [6.07, 6.45) is 1.14. The average molecular weight is 305 g/mol. The SMILES string of the molecule is CN(CCNCCCN1CCOCC1)C(=O)c1ccccc1. The Morgan fingerprint density at radius 2 is 1.95 bits per heavy atom. The minimum absolute atomic E-state index is 0.0794. The van der Waals surface area contributed by atoms with Crippen LogP contribution in [0.2, 0.25) is 0 Å². The number of hydrogen-bond acceptors (Lipinski definition) is 4. The lowest BCUT2D eigenvalue weighted by atomic mass is 10.2. The topological polar surface area (TPSA) is 44.8 Å². The Morgan fingerprint density at radius 3 is 2.68 bits per heavy atom. The molecule has 0 bridgehead atoms. The first-order valence-corrected chi connectivity index (χ1v) is 8.08. The lowest BCUT2D eigenvalue weighted by molar-refractivity contribution is 0.0374. The van der Waals surface area contributed by atoms with Crippen LogP contribution in [-0.2, 0) is 4.74 Å². The highest BCUT2D eigenvalue weighted by molar-refractivity contribution is 5.93. The average Bonchev–Trinajstić information content (AvgIpc) is 2.58. The van der Waals surface area contributed by atoms with Gasteiger partial charge in [-0.1, -0.05) is 18.2 Å². The third kappa shape index (κ3) is 5.75. The number of likely N-dealkylation sites (N-methyl/N-ethyl adjacent to an activating group) is 1. The maximum Gasteiger partial charge on any atom is 0.253 e. The van der Waals surface area contributed by atoms with Crippen LogP contribution in [-0.4, -0.2) is 75.2 Å². The van der Waals surface area contributed by atoms with Gasteiger partial charge in [0.05, 0.1) is 13.2 Å². The Labute approximate surface area is 133 Å². The van der Waals surface area contributed by atoms with Gasteiger partial charge in [-0.2, -0.15) is 0 Å². The second kappa shape index (κ2) is 9.56. The zero-order valence-electron chi connectivity index (χ0n) is 13.5. The molecule has 1 aromatic carbocycles. The van der Waals surface area contributed by atoms with Gasteiger partial charge in [0.2, 0.25) is 0 Å². The molecule has 0 aliphatic carbocycles. The number of carbonyl (C=O) groups is 1. The van der Waals surface area contributed by atoms with E-state index < -0.39 is 0 Å². The van der Waals surface area contributed by atoms with Crippen LogP contribution in [0.5, 0.6) is 0 Å². The van der Waals surface area contributed by atoms with Crippen LogP contribution in [0.15, 0.2) is 30.3 Å². The third-order valence-corrected chi connectivity index (χ3v) is 3.92. The number of amides is 1. The fourth-order valence-corrected chi connectivity index (χ4v) is 2.53. The highest BCUT2D eigenvalue weighted by atomic mass is 16.5. The number of carbonyl (C=O) groups excluding carboxylic acids is 1. The molecule has 1 heterocycles. The molecule has 122 valence electrons. The van der Waals surface area contributed by atoms with Crippen molar-refractivity contribution in [2.24, 2.45) is 0 Å². The fourth-order valence-electron chi connectivity index (χ4n) is 2.53. The van der Waals surface area contributed by atoms with Crippen LogP contribution >= 0.6 is 0 Å². The maximum atomic E-state index is 12.2. The first-order chi connectivity index (χ1) is 10.8. The van der Waals surface area contributed by atoms with Crippen LogP contribution in [0.25, 0.3) is 0 Å². The first-order valence-electron chi connectivity index (χ1n) is 8.08. The van der Waals surface area contributed by atoms with Gasteiger partial charge in [-0.3, -0.25) is 9.69 Å². The number of morpholine rings is 1. The van der Waals surface area contributed by atoms with E-state index in [-0.39, 0.29) is 5.91 Å². The Balaban J connectivity index is 1.53. The second-order valence-electron chi connectivity index (χ2n) is 5.65. The van der Waals surface area contributed by atoms with Crippen molar-refractivity contribution < 1.29 is 9.53 Å². The van der Waals surface area contributed by atoms with E-state index in [2.05, 4.69) is 10.2 Å². The van der Waals surface area contributed by atoms with Gasteiger partial charge in [0, 0.05) is 38.8 Å². The van der Waals surface area contributed by atoms with E-state index in [4.69, 9.17) is 4.74 Å². The molecule has 0 aromatic heterocycles. The van der Waals surface area contributed by atoms with Crippen molar-refractivity contribution in [3.63, 3.8) is 0 Å². The molecule has 1 amide bonds. The molecule has 0 radical (unpaired) electrons. The molecule has 1 aliphatic heterocycles. The van der Waals surface area contributed by atoms with E-state index in [1.165, 1.54) is 0 Å².